The lowest BCUT2D eigenvalue weighted by molar-refractivity contribution is -0.139. The van der Waals surface area contributed by atoms with E-state index in [1.165, 1.54) is 0 Å². The molecule has 1 aliphatic rings. The molecule has 0 aliphatic heterocycles. The van der Waals surface area contributed by atoms with Gasteiger partial charge in [-0.2, -0.15) is 0 Å². The van der Waals surface area contributed by atoms with Gasteiger partial charge in [-0.3, -0.25) is 0 Å². The lowest BCUT2D eigenvalue weighted by Gasteiger charge is -2.31. The second kappa shape index (κ2) is 7.41. The van der Waals surface area contributed by atoms with E-state index >= 15 is 0 Å². The fourth-order valence-electron chi connectivity index (χ4n) is 3.83. The first kappa shape index (κ1) is 19.5. The molecule has 0 spiro atoms. The normalized spacial score (nSPS) is 22.7. The molecule has 0 saturated carbocycles. The van der Waals surface area contributed by atoms with E-state index in [1.807, 2.05) is 44.2 Å². The number of carboxylic acid groups (broad SMARTS) is 1. The van der Waals surface area contributed by atoms with Gasteiger partial charge in [-0.1, -0.05) is 72.5 Å². The zero-order chi connectivity index (χ0) is 19.8. The zero-order valence-electron chi connectivity index (χ0n) is 14.9. The molecule has 2 atom stereocenters. The molecule has 0 saturated heterocycles. The molecule has 1 aliphatic carbocycles. The summed E-state index contributed by atoms with van der Waals surface area (Å²) in [5.41, 5.74) is 2.35. The molecular weight excluding hydrogens is 389 g/mol. The second-order valence-corrected chi connectivity index (χ2v) is 7.47. The molecule has 5 nitrogen and oxygen atoms in total. The van der Waals surface area contributed by atoms with Crippen molar-refractivity contribution in [2.45, 2.75) is 26.2 Å². The number of aliphatic carboxylic acids is 1. The van der Waals surface area contributed by atoms with E-state index in [2.05, 4.69) is 5.16 Å². The van der Waals surface area contributed by atoms with Crippen LogP contribution in [-0.2, 0) is 4.79 Å². The van der Waals surface area contributed by atoms with E-state index in [4.69, 9.17) is 33.0 Å². The van der Waals surface area contributed by atoms with Crippen LogP contribution in [0.25, 0.3) is 0 Å². The van der Waals surface area contributed by atoms with Gasteiger partial charge in [0.05, 0.1) is 10.7 Å². The van der Waals surface area contributed by atoms with E-state index in [9.17, 15) is 10.0 Å². The molecular formula is C20H19Cl2NO4. The molecule has 0 fully saturated rings. The molecule has 2 aromatic rings. The number of benzene rings is 2. The van der Waals surface area contributed by atoms with Crippen LogP contribution >= 0.6 is 23.2 Å². The molecule has 27 heavy (non-hydrogen) atoms. The van der Waals surface area contributed by atoms with Crippen LogP contribution in [0.1, 0.15) is 42.9 Å². The van der Waals surface area contributed by atoms with Gasteiger partial charge in [0, 0.05) is 16.9 Å². The van der Waals surface area contributed by atoms with E-state index in [0.29, 0.717) is 17.7 Å². The van der Waals surface area contributed by atoms with Gasteiger partial charge < -0.3 is 15.1 Å². The minimum atomic E-state index is -1.11. The number of nitrogens with zero attached hydrogens (tertiary/aromatic N) is 1. The predicted molar refractivity (Wildman–Crippen MR) is 105 cm³/mol. The first-order chi connectivity index (χ1) is 12.8. The van der Waals surface area contributed by atoms with Crippen LogP contribution in [0.4, 0.5) is 0 Å². The number of oxime groups is 1. The molecule has 2 N–H and O–H groups in total. The smallest absolute Gasteiger partial charge is 0.341 e. The molecule has 7 heteroatoms. The molecule has 0 heterocycles. The summed E-state index contributed by atoms with van der Waals surface area (Å²) >= 11 is 12.8. The van der Waals surface area contributed by atoms with Crippen LogP contribution in [0, 0.1) is 5.41 Å². The van der Waals surface area contributed by atoms with Gasteiger partial charge in [-0.25, -0.2) is 4.79 Å². The minimum Gasteiger partial charge on any atom is -0.480 e. The average molecular weight is 408 g/mol. The van der Waals surface area contributed by atoms with Crippen molar-refractivity contribution >= 4 is 34.9 Å². The maximum atomic E-state index is 10.9. The quantitative estimate of drug-likeness (QED) is 0.527. The molecule has 2 unspecified atom stereocenters. The van der Waals surface area contributed by atoms with Crippen molar-refractivity contribution in [3.8, 4) is 5.75 Å². The summed E-state index contributed by atoms with van der Waals surface area (Å²) in [4.78, 5) is 10.9. The molecule has 0 aromatic heterocycles. The topological polar surface area (TPSA) is 79.1 Å². The van der Waals surface area contributed by atoms with Gasteiger partial charge in [0.25, 0.3) is 0 Å². The van der Waals surface area contributed by atoms with E-state index in [0.717, 1.165) is 11.1 Å². The summed E-state index contributed by atoms with van der Waals surface area (Å²) < 4.78 is 5.34. The van der Waals surface area contributed by atoms with Crippen molar-refractivity contribution in [2.24, 2.45) is 10.6 Å². The first-order valence-electron chi connectivity index (χ1n) is 8.49. The Bertz CT molecular complexity index is 914. The molecule has 0 bridgehead atoms. The minimum absolute atomic E-state index is 0.102. The number of ether oxygens (including phenoxy) is 1. The fraction of sp³-hybridized carbons (Fsp3) is 0.300. The third-order valence-corrected chi connectivity index (χ3v) is 6.10. The Kier molecular flexibility index (Phi) is 5.36. The van der Waals surface area contributed by atoms with Crippen molar-refractivity contribution in [1.82, 2.24) is 0 Å². The maximum Gasteiger partial charge on any atom is 0.341 e. The molecule has 0 radical (unpaired) electrons. The molecule has 2 aromatic carbocycles. The number of hydrogen-bond donors (Lipinski definition) is 2. The Labute approximate surface area is 167 Å². The summed E-state index contributed by atoms with van der Waals surface area (Å²) in [5, 5.41) is 22.6. The van der Waals surface area contributed by atoms with E-state index in [1.54, 1.807) is 6.07 Å². The van der Waals surface area contributed by atoms with Crippen LogP contribution in [0.5, 0.6) is 5.75 Å². The standard InChI is InChI=1S/C20H19Cl2NO4/c1-3-20(2)16(11-7-5-4-6-8-11)12-9-13(27-10-14(24)25)17(21)18(22)15(12)19(20)23-26/h4-9,16,26H,3,10H2,1-2H3,(H,24,25)/b23-19+. The number of fused-ring (bicyclic) bond motifs is 1. The summed E-state index contributed by atoms with van der Waals surface area (Å²) in [6.07, 6.45) is 0.694. The van der Waals surface area contributed by atoms with Crippen LogP contribution in [0.2, 0.25) is 10.0 Å². The zero-order valence-corrected chi connectivity index (χ0v) is 16.4. The number of rotatable bonds is 5. The first-order valence-corrected chi connectivity index (χ1v) is 9.25. The lowest BCUT2D eigenvalue weighted by atomic mass is 9.71. The Hall–Kier alpha value is -2.24. The van der Waals surface area contributed by atoms with Crippen molar-refractivity contribution in [2.75, 3.05) is 6.61 Å². The van der Waals surface area contributed by atoms with Crippen LogP contribution < -0.4 is 4.74 Å². The van der Waals surface area contributed by atoms with Crippen LogP contribution in [0.15, 0.2) is 41.6 Å². The van der Waals surface area contributed by atoms with Crippen molar-refractivity contribution in [3.05, 3.63) is 63.1 Å². The van der Waals surface area contributed by atoms with Gasteiger partial charge in [-0.15, -0.1) is 0 Å². The summed E-state index contributed by atoms with van der Waals surface area (Å²) in [5.74, 6) is -1.06. The number of carbonyl (C=O) groups is 1. The summed E-state index contributed by atoms with van der Waals surface area (Å²) in [7, 11) is 0. The van der Waals surface area contributed by atoms with Crippen LogP contribution in [-0.4, -0.2) is 28.6 Å². The average Bonchev–Trinajstić information content (AvgIpc) is 2.92. The SMILES string of the molecule is CCC1(C)/C(=N/O)c2c(cc(OCC(=O)O)c(Cl)c2Cl)C1c1ccccc1. The van der Waals surface area contributed by atoms with Crippen molar-refractivity contribution < 1.29 is 19.8 Å². The van der Waals surface area contributed by atoms with Gasteiger partial charge in [0.15, 0.2) is 6.61 Å². The van der Waals surface area contributed by atoms with Crippen molar-refractivity contribution in [3.63, 3.8) is 0 Å². The number of hydrogen-bond acceptors (Lipinski definition) is 4. The highest BCUT2D eigenvalue weighted by Gasteiger charge is 2.49. The van der Waals surface area contributed by atoms with Gasteiger partial charge >= 0.3 is 5.97 Å². The van der Waals surface area contributed by atoms with Gasteiger partial charge in [0.2, 0.25) is 0 Å². The number of carboxylic acids is 1. The van der Waals surface area contributed by atoms with Gasteiger partial charge in [-0.05, 0) is 23.6 Å². The summed E-state index contributed by atoms with van der Waals surface area (Å²) in [6, 6.07) is 11.5. The lowest BCUT2D eigenvalue weighted by Crippen LogP contribution is -2.28. The monoisotopic (exact) mass is 407 g/mol. The van der Waals surface area contributed by atoms with Gasteiger partial charge in [0.1, 0.15) is 10.8 Å². The molecule has 0 amide bonds. The second-order valence-electron chi connectivity index (χ2n) is 6.71. The molecule has 3 rings (SSSR count). The largest absolute Gasteiger partial charge is 0.480 e. The Morgan fingerprint density at radius 1 is 1.26 bits per heavy atom. The highest BCUT2D eigenvalue weighted by atomic mass is 35.5. The van der Waals surface area contributed by atoms with Crippen molar-refractivity contribution in [1.29, 1.82) is 0 Å². The third-order valence-electron chi connectivity index (χ3n) is 5.25. The molecule has 142 valence electrons. The number of halogens is 2. The fourth-order valence-corrected chi connectivity index (χ4v) is 4.32. The highest BCUT2D eigenvalue weighted by Crippen LogP contribution is 2.56. The highest BCUT2D eigenvalue weighted by molar-refractivity contribution is 6.45. The van der Waals surface area contributed by atoms with E-state index in [-0.39, 0.29) is 21.7 Å². The van der Waals surface area contributed by atoms with Crippen LogP contribution in [0.3, 0.4) is 0 Å². The Morgan fingerprint density at radius 3 is 2.48 bits per heavy atom. The third kappa shape index (κ3) is 3.15. The maximum absolute atomic E-state index is 10.9. The van der Waals surface area contributed by atoms with E-state index < -0.39 is 18.0 Å². The Balaban J connectivity index is 2.27. The Morgan fingerprint density at radius 2 is 1.93 bits per heavy atom. The predicted octanol–water partition coefficient (Wildman–Crippen LogP) is 5.20. The summed E-state index contributed by atoms with van der Waals surface area (Å²) in [6.45, 7) is 3.50.